The van der Waals surface area contributed by atoms with Crippen LogP contribution in [-0.4, -0.2) is 12.6 Å². The minimum atomic E-state index is 0.272. The van der Waals surface area contributed by atoms with Crippen molar-refractivity contribution >= 4 is 0 Å². The van der Waals surface area contributed by atoms with Gasteiger partial charge in [-0.05, 0) is 17.5 Å². The number of fused-ring (bicyclic) bond motifs is 1. The van der Waals surface area contributed by atoms with Crippen molar-refractivity contribution in [1.29, 1.82) is 0 Å². The summed E-state index contributed by atoms with van der Waals surface area (Å²) in [5.74, 6) is 0. The molecule has 64 valence electrons. The van der Waals surface area contributed by atoms with Crippen LogP contribution in [0.3, 0.4) is 0 Å². The zero-order valence-electron chi connectivity index (χ0n) is 7.09. The first-order valence-corrected chi connectivity index (χ1v) is 4.39. The maximum absolute atomic E-state index is 5.89. The molecule has 1 aliphatic rings. The molecule has 0 amide bonds. The predicted octanol–water partition coefficient (Wildman–Crippen LogP) is 0.660. The fraction of sp³-hybridized carbons (Fsp3) is 0.400. The van der Waals surface area contributed by atoms with Gasteiger partial charge in [-0.2, -0.15) is 0 Å². The summed E-state index contributed by atoms with van der Waals surface area (Å²) in [7, 11) is 0. The Morgan fingerprint density at radius 2 is 2.00 bits per heavy atom. The van der Waals surface area contributed by atoms with E-state index in [1.54, 1.807) is 0 Å². The summed E-state index contributed by atoms with van der Waals surface area (Å²) in [5.41, 5.74) is 8.68. The van der Waals surface area contributed by atoms with E-state index in [1.165, 1.54) is 11.1 Å². The van der Waals surface area contributed by atoms with E-state index in [1.807, 2.05) is 0 Å². The molecule has 2 heteroatoms. The summed E-state index contributed by atoms with van der Waals surface area (Å²) in [4.78, 5) is 0. The van der Waals surface area contributed by atoms with Crippen LogP contribution >= 0.6 is 0 Å². The van der Waals surface area contributed by atoms with E-state index in [0.29, 0.717) is 0 Å². The summed E-state index contributed by atoms with van der Waals surface area (Å²) in [6.07, 6.45) is 1.00. The van der Waals surface area contributed by atoms with E-state index in [0.717, 1.165) is 19.5 Å². The maximum atomic E-state index is 5.89. The molecule has 0 bridgehead atoms. The third kappa shape index (κ3) is 1.49. The van der Waals surface area contributed by atoms with E-state index in [2.05, 4.69) is 29.6 Å². The van der Waals surface area contributed by atoms with Crippen LogP contribution in [0.5, 0.6) is 0 Å². The highest BCUT2D eigenvalue weighted by atomic mass is 14.9. The van der Waals surface area contributed by atoms with Gasteiger partial charge in [0.25, 0.3) is 0 Å². The number of nitrogens with two attached hydrogens (primary N) is 1. The molecule has 1 atom stereocenters. The van der Waals surface area contributed by atoms with Gasteiger partial charge < -0.3 is 11.1 Å². The monoisotopic (exact) mass is 162 g/mol. The van der Waals surface area contributed by atoms with Gasteiger partial charge in [-0.15, -0.1) is 0 Å². The molecule has 1 aliphatic heterocycles. The first-order valence-electron chi connectivity index (χ1n) is 4.39. The molecular formula is C10H14N2. The summed E-state index contributed by atoms with van der Waals surface area (Å²) in [6.45, 7) is 1.89. The summed E-state index contributed by atoms with van der Waals surface area (Å²) < 4.78 is 0. The van der Waals surface area contributed by atoms with E-state index in [9.17, 15) is 0 Å². The van der Waals surface area contributed by atoms with Crippen LogP contribution in [0.1, 0.15) is 11.1 Å². The third-order valence-corrected chi connectivity index (χ3v) is 2.32. The molecule has 2 nitrogen and oxygen atoms in total. The molecule has 0 aromatic heterocycles. The normalized spacial score (nSPS) is 22.9. The smallest absolute Gasteiger partial charge is 0.0208 e. The van der Waals surface area contributed by atoms with Gasteiger partial charge in [0.05, 0.1) is 0 Å². The topological polar surface area (TPSA) is 38.0 Å². The van der Waals surface area contributed by atoms with Gasteiger partial charge in [-0.25, -0.2) is 0 Å². The average Bonchev–Trinajstić information content (AvgIpc) is 2.25. The first kappa shape index (κ1) is 7.77. The molecule has 1 unspecified atom stereocenters. The Hall–Kier alpha value is -0.860. The van der Waals surface area contributed by atoms with Gasteiger partial charge in [-0.1, -0.05) is 24.3 Å². The standard InChI is InChI=1S/C10H14N2/c11-10-5-8-3-1-2-4-9(8)6-12-7-10/h1-4,10,12H,5-7,11H2. The van der Waals surface area contributed by atoms with Crippen LogP contribution in [0.25, 0.3) is 0 Å². The zero-order valence-corrected chi connectivity index (χ0v) is 7.09. The first-order chi connectivity index (χ1) is 5.86. The van der Waals surface area contributed by atoms with Gasteiger partial charge in [0.15, 0.2) is 0 Å². The molecule has 1 aromatic rings. The lowest BCUT2D eigenvalue weighted by Crippen LogP contribution is -2.32. The fourth-order valence-electron chi connectivity index (χ4n) is 1.68. The quantitative estimate of drug-likeness (QED) is 0.588. The Morgan fingerprint density at radius 1 is 1.25 bits per heavy atom. The van der Waals surface area contributed by atoms with Crippen LogP contribution in [0.2, 0.25) is 0 Å². The number of hydrogen-bond donors (Lipinski definition) is 2. The van der Waals surface area contributed by atoms with Crippen molar-refractivity contribution in [2.75, 3.05) is 6.54 Å². The Balaban J connectivity index is 2.31. The van der Waals surface area contributed by atoms with Crippen molar-refractivity contribution in [3.05, 3.63) is 35.4 Å². The second-order valence-corrected chi connectivity index (χ2v) is 3.36. The van der Waals surface area contributed by atoms with Crippen molar-refractivity contribution in [2.45, 2.75) is 19.0 Å². The molecule has 0 radical (unpaired) electrons. The summed E-state index contributed by atoms with van der Waals surface area (Å²) in [6, 6.07) is 8.77. The third-order valence-electron chi connectivity index (χ3n) is 2.32. The van der Waals surface area contributed by atoms with Crippen LogP contribution in [-0.2, 0) is 13.0 Å². The second-order valence-electron chi connectivity index (χ2n) is 3.36. The predicted molar refractivity (Wildman–Crippen MR) is 49.8 cm³/mol. The van der Waals surface area contributed by atoms with Gasteiger partial charge in [0.2, 0.25) is 0 Å². The summed E-state index contributed by atoms with van der Waals surface area (Å²) in [5, 5.41) is 3.33. The van der Waals surface area contributed by atoms with Crippen LogP contribution < -0.4 is 11.1 Å². The molecule has 0 aliphatic carbocycles. The molecule has 1 heterocycles. The molecule has 0 saturated heterocycles. The lowest BCUT2D eigenvalue weighted by Gasteiger charge is -2.06. The lowest BCUT2D eigenvalue weighted by molar-refractivity contribution is 0.599. The van der Waals surface area contributed by atoms with Crippen LogP contribution in [0.15, 0.2) is 24.3 Å². The van der Waals surface area contributed by atoms with Crippen molar-refractivity contribution in [3.8, 4) is 0 Å². The molecule has 3 N–H and O–H groups in total. The van der Waals surface area contributed by atoms with Crippen LogP contribution in [0.4, 0.5) is 0 Å². The Kier molecular flexibility index (Phi) is 2.11. The average molecular weight is 162 g/mol. The van der Waals surface area contributed by atoms with Crippen molar-refractivity contribution in [3.63, 3.8) is 0 Å². The van der Waals surface area contributed by atoms with Gasteiger partial charge in [-0.3, -0.25) is 0 Å². The minimum absolute atomic E-state index is 0.272. The molecule has 12 heavy (non-hydrogen) atoms. The van der Waals surface area contributed by atoms with E-state index >= 15 is 0 Å². The van der Waals surface area contributed by atoms with Gasteiger partial charge in [0.1, 0.15) is 0 Å². The highest BCUT2D eigenvalue weighted by Gasteiger charge is 2.11. The van der Waals surface area contributed by atoms with Gasteiger partial charge >= 0.3 is 0 Å². The van der Waals surface area contributed by atoms with E-state index in [4.69, 9.17) is 5.73 Å². The number of hydrogen-bond acceptors (Lipinski definition) is 2. The molecule has 0 saturated carbocycles. The van der Waals surface area contributed by atoms with E-state index in [-0.39, 0.29) is 6.04 Å². The van der Waals surface area contributed by atoms with Crippen molar-refractivity contribution in [2.24, 2.45) is 5.73 Å². The SMILES string of the molecule is NC1CNCc2ccccc2C1. The highest BCUT2D eigenvalue weighted by Crippen LogP contribution is 2.12. The number of rotatable bonds is 0. The molecule has 0 spiro atoms. The number of nitrogens with one attached hydrogen (secondary N) is 1. The van der Waals surface area contributed by atoms with Crippen molar-refractivity contribution < 1.29 is 0 Å². The Morgan fingerprint density at radius 3 is 2.83 bits per heavy atom. The fourth-order valence-corrected chi connectivity index (χ4v) is 1.68. The van der Waals surface area contributed by atoms with Crippen molar-refractivity contribution in [1.82, 2.24) is 5.32 Å². The van der Waals surface area contributed by atoms with Gasteiger partial charge in [0, 0.05) is 19.1 Å². The second kappa shape index (κ2) is 3.25. The maximum Gasteiger partial charge on any atom is 0.0208 e. The number of benzene rings is 1. The minimum Gasteiger partial charge on any atom is -0.326 e. The molecule has 2 rings (SSSR count). The Bertz CT molecular complexity index is 270. The zero-order chi connectivity index (χ0) is 8.39. The molecule has 1 aromatic carbocycles. The Labute approximate surface area is 72.8 Å². The lowest BCUT2D eigenvalue weighted by atomic mass is 10.0. The van der Waals surface area contributed by atoms with E-state index < -0.39 is 0 Å². The highest BCUT2D eigenvalue weighted by molar-refractivity contribution is 5.28. The summed E-state index contributed by atoms with van der Waals surface area (Å²) >= 11 is 0. The molecule has 0 fully saturated rings. The largest absolute Gasteiger partial charge is 0.326 e. The molecular weight excluding hydrogens is 148 g/mol. The van der Waals surface area contributed by atoms with Crippen LogP contribution in [0, 0.1) is 0 Å².